The van der Waals surface area contributed by atoms with E-state index in [1.54, 1.807) is 67.0 Å². The van der Waals surface area contributed by atoms with E-state index in [0.29, 0.717) is 32.3 Å². The first-order chi connectivity index (χ1) is 23.6. The maximum atomic E-state index is 13.1. The summed E-state index contributed by atoms with van der Waals surface area (Å²) in [6.07, 6.45) is 3.12. The maximum absolute atomic E-state index is 13.1. The lowest BCUT2D eigenvalue weighted by Gasteiger charge is -2.07. The van der Waals surface area contributed by atoms with Crippen molar-refractivity contribution in [2.75, 3.05) is 11.5 Å². The fourth-order valence-corrected chi connectivity index (χ4v) is 6.02. The third-order valence-electron chi connectivity index (χ3n) is 6.43. The molecule has 4 heterocycles. The fourth-order valence-electron chi connectivity index (χ4n) is 4.23. The number of nitrogen functional groups attached to an aromatic ring is 2. The highest BCUT2D eigenvalue weighted by Gasteiger charge is 2.13. The van der Waals surface area contributed by atoms with Crippen LogP contribution in [0.3, 0.4) is 0 Å². The molecule has 2 aromatic carbocycles. The van der Waals surface area contributed by atoms with Gasteiger partial charge in [0.2, 0.25) is 11.9 Å². The van der Waals surface area contributed by atoms with Gasteiger partial charge in [0.15, 0.2) is 0 Å². The van der Waals surface area contributed by atoms with Gasteiger partial charge in [0.25, 0.3) is 11.8 Å². The highest BCUT2D eigenvalue weighted by Crippen LogP contribution is 2.28. The number of anilines is 2. The number of nitrogens with two attached hydrogens (primary N) is 2. The highest BCUT2D eigenvalue weighted by molar-refractivity contribution is 7.17. The van der Waals surface area contributed by atoms with Gasteiger partial charge in [-0.25, -0.2) is 24.3 Å². The largest absolute Gasteiger partial charge is 0.435 e. The third kappa shape index (κ3) is 10.1. The zero-order chi connectivity index (χ0) is 34.8. The second-order valence-electron chi connectivity index (χ2n) is 9.95. The summed E-state index contributed by atoms with van der Waals surface area (Å²) in [5.74, 6) is -0.417. The molecule has 0 spiro atoms. The number of halogens is 3. The van der Waals surface area contributed by atoms with E-state index >= 15 is 0 Å². The number of hydrogen-bond donors (Lipinski definition) is 4. The van der Waals surface area contributed by atoms with E-state index in [1.165, 1.54) is 46.9 Å². The molecule has 0 atom stereocenters. The number of benzene rings is 2. The van der Waals surface area contributed by atoms with Crippen LogP contribution in [0.15, 0.2) is 97.3 Å². The molecule has 16 heteroatoms. The Morgan fingerprint density at radius 3 is 1.71 bits per heavy atom. The molecule has 0 radical (unpaired) electrons. The summed E-state index contributed by atoms with van der Waals surface area (Å²) in [5.41, 5.74) is 13.8. The van der Waals surface area contributed by atoms with Crippen LogP contribution in [0, 0.1) is 5.82 Å². The van der Waals surface area contributed by atoms with Crippen LogP contribution >= 0.6 is 22.7 Å². The van der Waals surface area contributed by atoms with E-state index in [9.17, 15) is 22.8 Å². The van der Waals surface area contributed by atoms with Crippen molar-refractivity contribution in [1.82, 2.24) is 30.6 Å². The molecule has 0 saturated carbocycles. The van der Waals surface area contributed by atoms with Crippen LogP contribution in [-0.2, 0) is 13.1 Å². The monoisotopic (exact) mass is 704 g/mol. The lowest BCUT2D eigenvalue weighted by Crippen LogP contribution is -2.21. The van der Waals surface area contributed by atoms with E-state index in [4.69, 9.17) is 11.5 Å². The van der Waals surface area contributed by atoms with Gasteiger partial charge in [0, 0.05) is 25.5 Å². The molecule has 0 aliphatic rings. The molecule has 0 aliphatic heterocycles. The summed E-state index contributed by atoms with van der Waals surface area (Å²) < 4.78 is 41.9. The van der Waals surface area contributed by atoms with Crippen molar-refractivity contribution < 1.29 is 27.5 Å². The fraction of sp³-hybridized carbons (Fsp3) is 0.0909. The van der Waals surface area contributed by atoms with Crippen molar-refractivity contribution in [3.05, 3.63) is 124 Å². The maximum Gasteiger partial charge on any atom is 0.387 e. The molecule has 0 aliphatic carbocycles. The number of ether oxygens (including phenoxy) is 1. The van der Waals surface area contributed by atoms with E-state index < -0.39 is 6.61 Å². The summed E-state index contributed by atoms with van der Waals surface area (Å²) in [6.45, 7) is -2.43. The Labute approximate surface area is 285 Å². The van der Waals surface area contributed by atoms with Crippen LogP contribution in [-0.4, -0.2) is 38.4 Å². The predicted octanol–water partition coefficient (Wildman–Crippen LogP) is 6.18. The normalized spacial score (nSPS) is 10.6. The van der Waals surface area contributed by atoms with Gasteiger partial charge in [0.1, 0.15) is 11.6 Å². The lowest BCUT2D eigenvalue weighted by atomic mass is 10.2. The molecular formula is C33H27F3N8O3S2. The Morgan fingerprint density at radius 2 is 1.22 bits per heavy atom. The minimum absolute atomic E-state index is 0.0477. The first kappa shape index (κ1) is 34.5. The van der Waals surface area contributed by atoms with Crippen LogP contribution in [0.2, 0.25) is 0 Å². The average molecular weight is 705 g/mol. The van der Waals surface area contributed by atoms with E-state index in [-0.39, 0.29) is 48.4 Å². The van der Waals surface area contributed by atoms with Gasteiger partial charge < -0.3 is 26.8 Å². The number of thiophene rings is 2. The van der Waals surface area contributed by atoms with E-state index in [1.807, 2.05) is 6.07 Å². The Kier molecular flexibility index (Phi) is 11.5. The van der Waals surface area contributed by atoms with Crippen LogP contribution in [0.25, 0.3) is 21.1 Å². The number of amides is 2. The predicted molar refractivity (Wildman–Crippen MR) is 181 cm³/mol. The summed E-state index contributed by atoms with van der Waals surface area (Å²) >= 11 is 2.58. The molecule has 250 valence electrons. The molecule has 0 unspecified atom stereocenters. The van der Waals surface area contributed by atoms with Crippen LogP contribution < -0.4 is 26.8 Å². The molecule has 0 saturated heterocycles. The smallest absolute Gasteiger partial charge is 0.387 e. The molecule has 4 aromatic heterocycles. The molecule has 0 bridgehead atoms. The van der Waals surface area contributed by atoms with Crippen molar-refractivity contribution >= 4 is 46.4 Å². The van der Waals surface area contributed by atoms with Gasteiger partial charge in [0.05, 0.1) is 30.9 Å². The summed E-state index contributed by atoms with van der Waals surface area (Å²) in [4.78, 5) is 43.0. The van der Waals surface area contributed by atoms with Gasteiger partial charge in [-0.3, -0.25) is 9.59 Å². The molecule has 0 fully saturated rings. The van der Waals surface area contributed by atoms with Crippen molar-refractivity contribution in [1.29, 1.82) is 0 Å². The van der Waals surface area contributed by atoms with Crippen LogP contribution in [0.1, 0.15) is 30.5 Å². The quantitative estimate of drug-likeness (QED) is 0.130. The number of carbonyl (C=O) groups excluding carboxylic acids is 2. The Hall–Kier alpha value is -5.87. The minimum Gasteiger partial charge on any atom is -0.435 e. The van der Waals surface area contributed by atoms with Crippen LogP contribution in [0.4, 0.5) is 25.1 Å². The SMILES string of the molecule is Nc1nccc(-c2ccc(C(=O)NCc3cccc(F)c3)s2)n1.Nc1nccc(-c2ccc(C(=O)NCc3cccc(OC(F)F)c3)s2)n1. The standard InChI is InChI=1S/C17H14F2N4O2S.C16H13FN4OS/c18-16(19)25-11-3-1-2-10(8-11)9-22-15(24)14-5-4-13(26-14)12-6-7-21-17(20)23-12;17-11-3-1-2-10(8-11)9-20-15(22)14-5-4-13(23-14)12-6-7-19-16(18)21-12/h1-8,16H,9H2,(H,22,24)(H2,20,21,23);1-8H,9H2,(H,20,22)(H2,18,19,21). The van der Waals surface area contributed by atoms with Crippen LogP contribution in [0.5, 0.6) is 5.75 Å². The van der Waals surface area contributed by atoms with Crippen molar-refractivity contribution in [2.24, 2.45) is 0 Å². The topological polar surface area (TPSA) is 171 Å². The Morgan fingerprint density at radius 1 is 0.714 bits per heavy atom. The number of carbonyl (C=O) groups is 2. The average Bonchev–Trinajstić information content (AvgIpc) is 3.78. The Balaban J connectivity index is 0.000000192. The third-order valence-corrected chi connectivity index (χ3v) is 8.64. The van der Waals surface area contributed by atoms with E-state index in [2.05, 4.69) is 35.3 Å². The Bertz CT molecular complexity index is 2060. The summed E-state index contributed by atoms with van der Waals surface area (Å²) in [7, 11) is 0. The van der Waals surface area contributed by atoms with Gasteiger partial charge in [-0.15, -0.1) is 22.7 Å². The van der Waals surface area contributed by atoms with Gasteiger partial charge in [-0.2, -0.15) is 8.78 Å². The molecule has 6 N–H and O–H groups in total. The van der Waals surface area contributed by atoms with Crippen molar-refractivity contribution in [3.63, 3.8) is 0 Å². The molecule has 6 aromatic rings. The second kappa shape index (κ2) is 16.3. The number of rotatable bonds is 10. The van der Waals surface area contributed by atoms with Crippen molar-refractivity contribution in [2.45, 2.75) is 19.7 Å². The lowest BCUT2D eigenvalue weighted by molar-refractivity contribution is -0.0499. The molecular weight excluding hydrogens is 678 g/mol. The zero-order valence-corrected chi connectivity index (χ0v) is 27.0. The number of nitrogens with one attached hydrogen (secondary N) is 2. The zero-order valence-electron chi connectivity index (χ0n) is 25.3. The minimum atomic E-state index is -2.89. The molecule has 2 amide bonds. The number of hydrogen-bond acceptors (Lipinski definition) is 11. The van der Waals surface area contributed by atoms with Gasteiger partial charge in [-0.05, 0) is 71.8 Å². The molecule has 11 nitrogen and oxygen atoms in total. The summed E-state index contributed by atoms with van der Waals surface area (Å²) in [5, 5.41) is 5.51. The highest BCUT2D eigenvalue weighted by atomic mass is 32.1. The van der Waals surface area contributed by atoms with Crippen molar-refractivity contribution in [3.8, 4) is 26.9 Å². The van der Waals surface area contributed by atoms with Gasteiger partial charge >= 0.3 is 6.61 Å². The second-order valence-corrected chi connectivity index (χ2v) is 12.1. The summed E-state index contributed by atoms with van der Waals surface area (Å²) in [6, 6.07) is 22.7. The van der Waals surface area contributed by atoms with E-state index in [0.717, 1.165) is 9.75 Å². The molecule has 49 heavy (non-hydrogen) atoms. The first-order valence-electron chi connectivity index (χ1n) is 14.3. The molecule has 6 rings (SSSR count). The number of aromatic nitrogens is 4. The van der Waals surface area contributed by atoms with Gasteiger partial charge in [-0.1, -0.05) is 24.3 Å². The number of nitrogens with zero attached hydrogens (tertiary/aromatic N) is 4. The number of alkyl halides is 2. The first-order valence-corrected chi connectivity index (χ1v) is 16.0.